The predicted octanol–water partition coefficient (Wildman–Crippen LogP) is 2.77. The molecule has 0 saturated carbocycles. The van der Waals surface area contributed by atoms with Gasteiger partial charge in [0.15, 0.2) is 5.92 Å². The summed E-state index contributed by atoms with van der Waals surface area (Å²) in [5, 5.41) is 17.5. The molecule has 1 aromatic rings. The second-order valence-electron chi connectivity index (χ2n) is 6.05. The molecule has 8 heteroatoms. The molecular formula is C20H24O8. The minimum absolute atomic E-state index is 0.0846. The molecule has 2 N–H and O–H groups in total. The maximum Gasteiger partial charge on any atom is 0.338 e. The van der Waals surface area contributed by atoms with Crippen molar-refractivity contribution in [3.05, 3.63) is 41.5 Å². The minimum Gasteiger partial charge on any atom is -0.481 e. The summed E-state index contributed by atoms with van der Waals surface area (Å²) >= 11 is 0. The van der Waals surface area contributed by atoms with Gasteiger partial charge in [0.2, 0.25) is 0 Å². The first kappa shape index (κ1) is 22.9. The van der Waals surface area contributed by atoms with Gasteiger partial charge >= 0.3 is 23.9 Å². The topological polar surface area (TPSA) is 127 Å². The van der Waals surface area contributed by atoms with Crippen molar-refractivity contribution >= 4 is 30.0 Å². The zero-order valence-corrected chi connectivity index (χ0v) is 15.6. The number of unbranched alkanes of at least 4 members (excludes halogenated alkanes) is 3. The number of aliphatic carboxylic acids is 2. The quantitative estimate of drug-likeness (QED) is 0.241. The van der Waals surface area contributed by atoms with Crippen LogP contribution in [0.15, 0.2) is 30.3 Å². The molecule has 0 aliphatic carbocycles. The lowest BCUT2D eigenvalue weighted by molar-refractivity contribution is -0.154. The number of carboxylic acid groups (broad SMARTS) is 2. The van der Waals surface area contributed by atoms with Crippen molar-refractivity contribution in [1.82, 2.24) is 0 Å². The van der Waals surface area contributed by atoms with E-state index < -0.39 is 29.8 Å². The standard InChI is InChI=1S/C20H24O8/c1-27-17(21)12-9-14-7-10-15(11-8-14)20(26)28-13-5-3-2-4-6-16(18(22)23)19(24)25/h7-12,16H,2-6,13H2,1H3,(H,22,23)(H,24,25). The summed E-state index contributed by atoms with van der Waals surface area (Å²) in [5.41, 5.74) is 1.13. The Morgan fingerprint density at radius 3 is 2.14 bits per heavy atom. The molecule has 0 aliphatic rings. The van der Waals surface area contributed by atoms with Gasteiger partial charge in [-0.15, -0.1) is 0 Å². The number of ether oxygens (including phenoxy) is 2. The van der Waals surface area contributed by atoms with Crippen LogP contribution in [0.1, 0.15) is 48.0 Å². The zero-order valence-electron chi connectivity index (χ0n) is 15.6. The maximum absolute atomic E-state index is 12.0. The van der Waals surface area contributed by atoms with Gasteiger partial charge in [0.1, 0.15) is 0 Å². The van der Waals surface area contributed by atoms with Crippen LogP contribution in [0, 0.1) is 5.92 Å². The first-order valence-corrected chi connectivity index (χ1v) is 8.84. The summed E-state index contributed by atoms with van der Waals surface area (Å²) in [6, 6.07) is 6.54. The molecule has 1 aromatic carbocycles. The summed E-state index contributed by atoms with van der Waals surface area (Å²) in [6.07, 6.45) is 5.39. The van der Waals surface area contributed by atoms with Gasteiger partial charge in [-0.05, 0) is 36.6 Å². The molecule has 28 heavy (non-hydrogen) atoms. The average molecular weight is 392 g/mol. The molecule has 152 valence electrons. The minimum atomic E-state index is -1.37. The van der Waals surface area contributed by atoms with Crippen LogP contribution in [0.2, 0.25) is 0 Å². The van der Waals surface area contributed by atoms with Crippen LogP contribution in [-0.2, 0) is 23.9 Å². The second kappa shape index (κ2) is 12.3. The summed E-state index contributed by atoms with van der Waals surface area (Å²) in [4.78, 5) is 44.5. The van der Waals surface area contributed by atoms with E-state index in [9.17, 15) is 19.2 Å². The molecule has 0 saturated heterocycles. The first-order chi connectivity index (χ1) is 13.3. The molecule has 0 aromatic heterocycles. The molecule has 1 rings (SSSR count). The number of benzene rings is 1. The van der Waals surface area contributed by atoms with E-state index in [1.54, 1.807) is 30.3 Å². The molecule has 0 aliphatic heterocycles. The van der Waals surface area contributed by atoms with Crippen molar-refractivity contribution in [2.45, 2.75) is 32.1 Å². The van der Waals surface area contributed by atoms with E-state index in [1.165, 1.54) is 13.2 Å². The lowest BCUT2D eigenvalue weighted by Gasteiger charge is -2.07. The van der Waals surface area contributed by atoms with Crippen LogP contribution in [0.25, 0.3) is 6.08 Å². The second-order valence-corrected chi connectivity index (χ2v) is 6.05. The molecule has 0 unspecified atom stereocenters. The smallest absolute Gasteiger partial charge is 0.338 e. The third kappa shape index (κ3) is 8.48. The van der Waals surface area contributed by atoms with Crippen LogP contribution in [0.4, 0.5) is 0 Å². The van der Waals surface area contributed by atoms with E-state index >= 15 is 0 Å². The van der Waals surface area contributed by atoms with Crippen LogP contribution >= 0.6 is 0 Å². The maximum atomic E-state index is 12.0. The van der Waals surface area contributed by atoms with Crippen molar-refractivity contribution in [2.75, 3.05) is 13.7 Å². The van der Waals surface area contributed by atoms with Crippen LogP contribution in [0.3, 0.4) is 0 Å². The largest absolute Gasteiger partial charge is 0.481 e. The molecule has 0 bridgehead atoms. The fraction of sp³-hybridized carbons (Fsp3) is 0.400. The molecule has 0 heterocycles. The lowest BCUT2D eigenvalue weighted by Crippen LogP contribution is -2.23. The third-order valence-corrected chi connectivity index (χ3v) is 3.98. The van der Waals surface area contributed by atoms with Gasteiger partial charge in [-0.25, -0.2) is 9.59 Å². The number of carbonyl (C=O) groups excluding carboxylic acids is 2. The van der Waals surface area contributed by atoms with Crippen LogP contribution in [-0.4, -0.2) is 47.8 Å². The van der Waals surface area contributed by atoms with Gasteiger partial charge in [-0.3, -0.25) is 9.59 Å². The Hall–Kier alpha value is -3.16. The van der Waals surface area contributed by atoms with E-state index in [4.69, 9.17) is 14.9 Å². The lowest BCUT2D eigenvalue weighted by atomic mass is 10.0. The molecule has 0 spiro atoms. The summed E-state index contributed by atoms with van der Waals surface area (Å²) in [5.74, 6) is -4.95. The Bertz CT molecular complexity index is 691. The number of hydrogen-bond acceptors (Lipinski definition) is 6. The SMILES string of the molecule is COC(=O)C=Cc1ccc(C(=O)OCCCCCCC(C(=O)O)C(=O)O)cc1. The number of hydrogen-bond donors (Lipinski definition) is 2. The molecule has 8 nitrogen and oxygen atoms in total. The number of carboxylic acids is 2. The summed E-state index contributed by atoms with van der Waals surface area (Å²) < 4.78 is 9.66. The van der Waals surface area contributed by atoms with E-state index in [-0.39, 0.29) is 13.0 Å². The van der Waals surface area contributed by atoms with Gasteiger partial charge in [0.05, 0.1) is 19.3 Å². The highest BCUT2D eigenvalue weighted by Gasteiger charge is 2.24. The molecule has 0 fully saturated rings. The van der Waals surface area contributed by atoms with Crippen molar-refractivity contribution in [2.24, 2.45) is 5.92 Å². The number of rotatable bonds is 12. The van der Waals surface area contributed by atoms with E-state index in [1.807, 2.05) is 0 Å². The Labute approximate surface area is 162 Å². The number of carbonyl (C=O) groups is 4. The molecule has 0 amide bonds. The van der Waals surface area contributed by atoms with Crippen molar-refractivity contribution < 1.29 is 38.9 Å². The van der Waals surface area contributed by atoms with Crippen molar-refractivity contribution in [3.63, 3.8) is 0 Å². The zero-order chi connectivity index (χ0) is 20.9. The van der Waals surface area contributed by atoms with Gasteiger partial charge in [-0.2, -0.15) is 0 Å². The summed E-state index contributed by atoms with van der Waals surface area (Å²) in [7, 11) is 1.29. The van der Waals surface area contributed by atoms with E-state index in [2.05, 4.69) is 4.74 Å². The highest BCUT2D eigenvalue weighted by molar-refractivity contribution is 5.92. The van der Waals surface area contributed by atoms with Gasteiger partial charge in [0, 0.05) is 6.08 Å². The number of methoxy groups -OCH3 is 1. The van der Waals surface area contributed by atoms with E-state index in [0.717, 1.165) is 5.56 Å². The van der Waals surface area contributed by atoms with Crippen LogP contribution in [0.5, 0.6) is 0 Å². The Balaban J connectivity index is 2.26. The Morgan fingerprint density at radius 1 is 0.964 bits per heavy atom. The third-order valence-electron chi connectivity index (χ3n) is 3.98. The molecule has 0 radical (unpaired) electrons. The van der Waals surface area contributed by atoms with E-state index in [0.29, 0.717) is 31.2 Å². The summed E-state index contributed by atoms with van der Waals surface area (Å²) in [6.45, 7) is 0.226. The average Bonchev–Trinajstić information content (AvgIpc) is 2.67. The van der Waals surface area contributed by atoms with Crippen molar-refractivity contribution in [3.8, 4) is 0 Å². The first-order valence-electron chi connectivity index (χ1n) is 8.84. The Morgan fingerprint density at radius 2 is 1.57 bits per heavy atom. The monoisotopic (exact) mass is 392 g/mol. The fourth-order valence-electron chi connectivity index (χ4n) is 2.37. The van der Waals surface area contributed by atoms with Gasteiger partial charge in [-0.1, -0.05) is 31.4 Å². The van der Waals surface area contributed by atoms with Gasteiger partial charge in [0.25, 0.3) is 0 Å². The Kier molecular flexibility index (Phi) is 10.0. The van der Waals surface area contributed by atoms with Crippen molar-refractivity contribution in [1.29, 1.82) is 0 Å². The molecular weight excluding hydrogens is 368 g/mol. The predicted molar refractivity (Wildman–Crippen MR) is 99.6 cm³/mol. The normalized spacial score (nSPS) is 10.8. The molecule has 0 atom stereocenters. The highest BCUT2D eigenvalue weighted by atomic mass is 16.5. The van der Waals surface area contributed by atoms with Crippen LogP contribution < -0.4 is 0 Å². The van der Waals surface area contributed by atoms with Gasteiger partial charge < -0.3 is 19.7 Å². The number of esters is 2. The fourth-order valence-corrected chi connectivity index (χ4v) is 2.37. The highest BCUT2D eigenvalue weighted by Crippen LogP contribution is 2.12.